The molecule has 0 N–H and O–H groups in total. The number of rotatable bonds is 15. The molecule has 0 fully saturated rings. The maximum absolute atomic E-state index is 10.7. The first-order chi connectivity index (χ1) is 11.1. The van der Waals surface area contributed by atoms with E-state index in [2.05, 4.69) is 30.9 Å². The van der Waals surface area contributed by atoms with Crippen molar-refractivity contribution in [3.8, 4) is 0 Å². The average molecular weight is 431 g/mol. The summed E-state index contributed by atoms with van der Waals surface area (Å²) in [6.45, 7) is 9.05. The first-order valence-corrected chi connectivity index (χ1v) is 17.6. The molecule has 2 nitrogen and oxygen atoms in total. The third-order valence-corrected chi connectivity index (χ3v) is 18.9. The van der Waals surface area contributed by atoms with E-state index in [0.29, 0.717) is 6.61 Å². The van der Waals surface area contributed by atoms with Crippen molar-refractivity contribution in [2.45, 2.75) is 98.8 Å². The van der Waals surface area contributed by atoms with Crippen molar-refractivity contribution < 1.29 is 9.53 Å². The van der Waals surface area contributed by atoms with Crippen molar-refractivity contribution in [2.24, 2.45) is 0 Å². The van der Waals surface area contributed by atoms with E-state index in [9.17, 15) is 4.79 Å². The van der Waals surface area contributed by atoms with Crippen LogP contribution in [0.4, 0.5) is 0 Å². The molecular weight excluding hydrogens is 391 g/mol. The Morgan fingerprint density at radius 3 is 1.83 bits per heavy atom. The Bertz CT molecular complexity index is 291. The number of allylic oxidation sites excluding steroid dienone is 1. The van der Waals surface area contributed by atoms with E-state index in [1.54, 1.807) is 13.3 Å². The van der Waals surface area contributed by atoms with Gasteiger partial charge in [0, 0.05) is 0 Å². The van der Waals surface area contributed by atoms with E-state index in [-0.39, 0.29) is 5.97 Å². The van der Waals surface area contributed by atoms with Crippen molar-refractivity contribution in [3.05, 3.63) is 10.2 Å². The molecule has 0 bridgehead atoms. The van der Waals surface area contributed by atoms with Crippen LogP contribution in [0.1, 0.15) is 85.5 Å². The Kier molecular flexibility index (Phi) is 15.5. The number of hydrogen-bond donors (Lipinski definition) is 0. The minimum atomic E-state index is -2.05. The van der Waals surface area contributed by atoms with Gasteiger partial charge < -0.3 is 0 Å². The van der Waals surface area contributed by atoms with Gasteiger partial charge in [-0.1, -0.05) is 0 Å². The molecule has 0 aromatic heterocycles. The van der Waals surface area contributed by atoms with Crippen LogP contribution in [0.15, 0.2) is 10.2 Å². The van der Waals surface area contributed by atoms with Crippen LogP contribution in [0.3, 0.4) is 0 Å². The van der Waals surface area contributed by atoms with Gasteiger partial charge in [-0.3, -0.25) is 0 Å². The monoisotopic (exact) mass is 432 g/mol. The number of unbranched alkanes of at least 4 members (excludes halogenated alkanes) is 5. The van der Waals surface area contributed by atoms with Gasteiger partial charge in [-0.25, -0.2) is 0 Å². The topological polar surface area (TPSA) is 26.3 Å². The fourth-order valence-corrected chi connectivity index (χ4v) is 17.7. The molecule has 136 valence electrons. The second-order valence-corrected chi connectivity index (χ2v) is 19.9. The molecule has 0 atom stereocenters. The Labute approximate surface area is 149 Å². The molecule has 0 rings (SSSR count). The predicted octanol–water partition coefficient (Wildman–Crippen LogP) is 6.66. The third-order valence-electron chi connectivity index (χ3n) is 4.63. The molecule has 0 spiro atoms. The van der Waals surface area contributed by atoms with Gasteiger partial charge in [-0.05, 0) is 0 Å². The first kappa shape index (κ1) is 23.0. The van der Waals surface area contributed by atoms with Gasteiger partial charge in [0.05, 0.1) is 0 Å². The Morgan fingerprint density at radius 1 is 0.870 bits per heavy atom. The summed E-state index contributed by atoms with van der Waals surface area (Å²) in [5.41, 5.74) is 0. The molecule has 0 unspecified atom stereocenters. The molecule has 0 radical (unpaired) electrons. The quantitative estimate of drug-likeness (QED) is 0.165. The van der Waals surface area contributed by atoms with Gasteiger partial charge in [-0.2, -0.15) is 0 Å². The molecule has 0 saturated heterocycles. The Hall–Kier alpha value is 0.00870. The molecule has 0 aliphatic heterocycles. The van der Waals surface area contributed by atoms with Crippen molar-refractivity contribution in [3.63, 3.8) is 0 Å². The Morgan fingerprint density at radius 2 is 1.39 bits per heavy atom. The summed E-state index contributed by atoms with van der Waals surface area (Å²) < 4.78 is 12.4. The number of esters is 1. The van der Waals surface area contributed by atoms with E-state index in [1.807, 2.05) is 0 Å². The zero-order chi connectivity index (χ0) is 17.4. The van der Waals surface area contributed by atoms with Crippen molar-refractivity contribution >= 4 is 24.3 Å². The van der Waals surface area contributed by atoms with E-state index >= 15 is 0 Å². The summed E-state index contributed by atoms with van der Waals surface area (Å²) in [5, 5.41) is 0. The van der Waals surface area contributed by atoms with Crippen LogP contribution in [-0.4, -0.2) is 31.0 Å². The van der Waals surface area contributed by atoms with Crippen molar-refractivity contribution in [2.75, 3.05) is 6.61 Å². The van der Waals surface area contributed by atoms with Gasteiger partial charge in [0.2, 0.25) is 0 Å². The normalized spacial score (nSPS) is 12.0. The molecule has 3 heteroatoms. The summed E-state index contributed by atoms with van der Waals surface area (Å²) in [5.74, 6) is -0.158. The summed E-state index contributed by atoms with van der Waals surface area (Å²) in [6.07, 6.45) is 14.1. The summed E-state index contributed by atoms with van der Waals surface area (Å²) in [4.78, 5) is 10.7. The molecule has 23 heavy (non-hydrogen) atoms. The number of hydrogen-bond acceptors (Lipinski definition) is 2. The predicted molar refractivity (Wildman–Crippen MR) is 105 cm³/mol. The molecule has 0 aliphatic carbocycles. The van der Waals surface area contributed by atoms with Gasteiger partial charge in [0.25, 0.3) is 0 Å². The van der Waals surface area contributed by atoms with Gasteiger partial charge in [0.15, 0.2) is 0 Å². The minimum absolute atomic E-state index is 0.158. The SMILES string of the molecule is CCC[CH2][Sn](/[CH]=C/CCCCOC(C)=O)([CH2]CCC)[CH2]CCC. The molecule has 0 aliphatic rings. The first-order valence-electron chi connectivity index (χ1n) is 9.91. The van der Waals surface area contributed by atoms with Crippen LogP contribution in [0.25, 0.3) is 0 Å². The van der Waals surface area contributed by atoms with E-state index in [0.717, 1.165) is 19.3 Å². The molecule has 0 aromatic carbocycles. The number of carbonyl (C=O) groups is 1. The standard InChI is InChI=1S/C8H13O2.3C4H9.Sn/c1-3-4-5-6-7-10-8(2)9;3*1-3-4-2;/h1,3H,4-7H2,2H3;3*1,3-4H2,2H3;. The maximum atomic E-state index is 10.7. The van der Waals surface area contributed by atoms with Gasteiger partial charge >= 0.3 is 149 Å². The second-order valence-electron chi connectivity index (χ2n) is 6.91. The van der Waals surface area contributed by atoms with E-state index in [1.165, 1.54) is 45.4 Å². The number of ether oxygens (including phenoxy) is 1. The zero-order valence-electron chi connectivity index (χ0n) is 16.2. The van der Waals surface area contributed by atoms with E-state index in [4.69, 9.17) is 4.74 Å². The number of carbonyl (C=O) groups excluding carboxylic acids is 1. The van der Waals surface area contributed by atoms with Crippen molar-refractivity contribution in [1.82, 2.24) is 0 Å². The van der Waals surface area contributed by atoms with Crippen LogP contribution >= 0.6 is 0 Å². The van der Waals surface area contributed by atoms with Gasteiger partial charge in [0.1, 0.15) is 0 Å². The third kappa shape index (κ3) is 13.0. The molecule has 0 amide bonds. The van der Waals surface area contributed by atoms with Crippen LogP contribution < -0.4 is 0 Å². The summed E-state index contributed by atoms with van der Waals surface area (Å²) in [6, 6.07) is 0. The average Bonchev–Trinajstić information content (AvgIpc) is 2.54. The second kappa shape index (κ2) is 15.5. The van der Waals surface area contributed by atoms with Crippen LogP contribution in [0.2, 0.25) is 13.3 Å². The fraction of sp³-hybridized carbons (Fsp3) is 0.850. The van der Waals surface area contributed by atoms with Gasteiger partial charge in [-0.15, -0.1) is 0 Å². The van der Waals surface area contributed by atoms with Crippen molar-refractivity contribution in [1.29, 1.82) is 0 Å². The van der Waals surface area contributed by atoms with Crippen LogP contribution in [0.5, 0.6) is 0 Å². The fourth-order valence-electron chi connectivity index (χ4n) is 3.12. The van der Waals surface area contributed by atoms with Crippen LogP contribution in [-0.2, 0) is 9.53 Å². The Balaban J connectivity index is 4.43. The molecule has 0 aromatic rings. The zero-order valence-corrected chi connectivity index (χ0v) is 19.0. The summed E-state index contributed by atoms with van der Waals surface area (Å²) in [7, 11) is 0. The molecular formula is C20H40O2Sn. The summed E-state index contributed by atoms with van der Waals surface area (Å²) >= 11 is -2.05. The van der Waals surface area contributed by atoms with Crippen LogP contribution in [0, 0.1) is 0 Å². The van der Waals surface area contributed by atoms with E-state index < -0.39 is 18.4 Å². The molecule has 0 heterocycles. The molecule has 0 saturated carbocycles.